The number of benzene rings is 1. The van der Waals surface area contributed by atoms with Gasteiger partial charge in [-0.3, -0.25) is 4.79 Å². The van der Waals surface area contributed by atoms with Crippen LogP contribution in [0.4, 0.5) is 4.39 Å². The highest BCUT2D eigenvalue weighted by Gasteiger charge is 2.26. The van der Waals surface area contributed by atoms with Gasteiger partial charge in [-0.1, -0.05) is 6.92 Å². The molecule has 1 unspecified atom stereocenters. The van der Waals surface area contributed by atoms with Crippen molar-refractivity contribution >= 4 is 27.8 Å². The third kappa shape index (κ3) is 3.07. The van der Waals surface area contributed by atoms with E-state index in [2.05, 4.69) is 15.9 Å². The Morgan fingerprint density at radius 2 is 2.11 bits per heavy atom. The fraction of sp³-hybridized carbons (Fsp3) is 0.333. The number of carbonyl (C=O) groups is 2. The van der Waals surface area contributed by atoms with Crippen molar-refractivity contribution in [2.24, 2.45) is 0 Å². The van der Waals surface area contributed by atoms with E-state index in [0.717, 1.165) is 11.0 Å². The molecule has 1 N–H and O–H groups in total. The molecule has 0 aliphatic carbocycles. The summed E-state index contributed by atoms with van der Waals surface area (Å²) in [6.45, 7) is 1.68. The second-order valence-corrected chi connectivity index (χ2v) is 4.66. The summed E-state index contributed by atoms with van der Waals surface area (Å²) >= 11 is 3.09. The lowest BCUT2D eigenvalue weighted by molar-refractivity contribution is -0.142. The number of nitrogens with zero attached hydrogens (tertiary/aromatic N) is 1. The Bertz CT molecular complexity index is 478. The molecule has 6 heteroatoms. The van der Waals surface area contributed by atoms with Crippen LogP contribution >= 0.6 is 15.9 Å². The monoisotopic (exact) mass is 317 g/mol. The minimum atomic E-state index is -1.06. The quantitative estimate of drug-likeness (QED) is 0.928. The molecule has 1 amide bonds. The van der Waals surface area contributed by atoms with Crippen molar-refractivity contribution in [3.8, 4) is 0 Å². The smallest absolute Gasteiger partial charge is 0.326 e. The normalized spacial score (nSPS) is 12.0. The first kappa shape index (κ1) is 14.6. The van der Waals surface area contributed by atoms with Crippen molar-refractivity contribution in [3.63, 3.8) is 0 Å². The predicted octanol–water partition coefficient (Wildman–Crippen LogP) is 2.52. The van der Waals surface area contributed by atoms with E-state index >= 15 is 0 Å². The molecule has 1 atom stereocenters. The van der Waals surface area contributed by atoms with Crippen LogP contribution in [0.25, 0.3) is 0 Å². The number of halogens is 2. The van der Waals surface area contributed by atoms with Crippen LogP contribution in [-0.2, 0) is 4.79 Å². The van der Waals surface area contributed by atoms with Crippen molar-refractivity contribution in [2.45, 2.75) is 19.4 Å². The fourth-order valence-corrected chi connectivity index (χ4v) is 2.13. The first-order valence-corrected chi connectivity index (χ1v) is 6.12. The largest absolute Gasteiger partial charge is 0.480 e. The minimum absolute atomic E-state index is 0.235. The summed E-state index contributed by atoms with van der Waals surface area (Å²) in [6, 6.07) is 2.76. The van der Waals surface area contributed by atoms with Crippen LogP contribution in [0.15, 0.2) is 22.7 Å². The molecule has 0 radical (unpaired) electrons. The summed E-state index contributed by atoms with van der Waals surface area (Å²) < 4.78 is 13.2. The van der Waals surface area contributed by atoms with Crippen molar-refractivity contribution in [1.82, 2.24) is 4.90 Å². The SMILES string of the molecule is CCC(C(=O)O)N(C)C(=O)c1ccc(F)cc1Br. The summed E-state index contributed by atoms with van der Waals surface area (Å²) in [4.78, 5) is 24.2. The van der Waals surface area contributed by atoms with Gasteiger partial charge in [-0.25, -0.2) is 9.18 Å². The number of amides is 1. The molecule has 0 spiro atoms. The highest BCUT2D eigenvalue weighted by atomic mass is 79.9. The molecule has 0 heterocycles. The van der Waals surface area contributed by atoms with Gasteiger partial charge >= 0.3 is 5.97 Å². The molecular formula is C12H13BrFNO3. The lowest BCUT2D eigenvalue weighted by Crippen LogP contribution is -2.42. The van der Waals surface area contributed by atoms with Crippen molar-refractivity contribution in [1.29, 1.82) is 0 Å². The lowest BCUT2D eigenvalue weighted by atomic mass is 10.1. The van der Waals surface area contributed by atoms with Crippen LogP contribution in [-0.4, -0.2) is 35.0 Å². The Labute approximate surface area is 113 Å². The third-order valence-corrected chi connectivity index (χ3v) is 3.28. The number of hydrogen-bond donors (Lipinski definition) is 1. The van der Waals surface area contributed by atoms with E-state index in [-0.39, 0.29) is 5.56 Å². The molecule has 1 aromatic carbocycles. The van der Waals surface area contributed by atoms with Gasteiger partial charge in [-0.2, -0.15) is 0 Å². The van der Waals surface area contributed by atoms with Crippen LogP contribution < -0.4 is 0 Å². The third-order valence-electron chi connectivity index (χ3n) is 2.62. The maximum Gasteiger partial charge on any atom is 0.326 e. The Hall–Kier alpha value is -1.43. The van der Waals surface area contributed by atoms with Crippen LogP contribution in [0, 0.1) is 5.82 Å². The minimum Gasteiger partial charge on any atom is -0.480 e. The summed E-state index contributed by atoms with van der Waals surface area (Å²) in [5.74, 6) is -1.99. The maximum atomic E-state index is 12.9. The predicted molar refractivity (Wildman–Crippen MR) is 67.9 cm³/mol. The van der Waals surface area contributed by atoms with Gasteiger partial charge in [0.25, 0.3) is 5.91 Å². The van der Waals surface area contributed by atoms with E-state index in [1.165, 1.54) is 19.2 Å². The van der Waals surface area contributed by atoms with Crippen LogP contribution in [0.3, 0.4) is 0 Å². The standard InChI is InChI=1S/C12H13BrFNO3/c1-3-10(12(17)18)15(2)11(16)8-5-4-7(14)6-9(8)13/h4-6,10H,3H2,1-2H3,(H,17,18). The van der Waals surface area contributed by atoms with Gasteiger partial charge in [0, 0.05) is 11.5 Å². The average Bonchev–Trinajstić information content (AvgIpc) is 2.28. The first-order chi connectivity index (χ1) is 8.38. The Kier molecular flexibility index (Phi) is 4.84. The second kappa shape index (κ2) is 5.95. The number of hydrogen-bond acceptors (Lipinski definition) is 2. The lowest BCUT2D eigenvalue weighted by Gasteiger charge is -2.24. The van der Waals surface area contributed by atoms with Gasteiger partial charge in [0.1, 0.15) is 11.9 Å². The second-order valence-electron chi connectivity index (χ2n) is 3.80. The first-order valence-electron chi connectivity index (χ1n) is 5.33. The molecule has 0 aliphatic rings. The average molecular weight is 318 g/mol. The topological polar surface area (TPSA) is 57.6 Å². The van der Waals surface area contributed by atoms with Crippen LogP contribution in [0.5, 0.6) is 0 Å². The molecule has 98 valence electrons. The molecule has 0 fully saturated rings. The fourth-order valence-electron chi connectivity index (χ4n) is 1.61. The molecule has 1 aromatic rings. The van der Waals surface area contributed by atoms with Gasteiger partial charge in [0.2, 0.25) is 0 Å². The molecule has 0 saturated heterocycles. The Balaban J connectivity index is 3.02. The Morgan fingerprint density at radius 3 is 2.56 bits per heavy atom. The van der Waals surface area contributed by atoms with E-state index in [4.69, 9.17) is 5.11 Å². The molecule has 0 aromatic heterocycles. The van der Waals surface area contributed by atoms with Gasteiger partial charge in [0.15, 0.2) is 0 Å². The number of carbonyl (C=O) groups excluding carboxylic acids is 1. The van der Waals surface area contributed by atoms with Crippen molar-refractivity contribution < 1.29 is 19.1 Å². The molecule has 0 bridgehead atoms. The van der Waals surface area contributed by atoms with E-state index in [0.29, 0.717) is 10.9 Å². The van der Waals surface area contributed by atoms with Gasteiger partial charge in [0.05, 0.1) is 5.56 Å². The maximum absolute atomic E-state index is 12.9. The molecule has 18 heavy (non-hydrogen) atoms. The molecule has 0 saturated carbocycles. The molecule has 0 aliphatic heterocycles. The Morgan fingerprint density at radius 1 is 1.50 bits per heavy atom. The van der Waals surface area contributed by atoms with Crippen molar-refractivity contribution in [2.75, 3.05) is 7.05 Å². The zero-order valence-electron chi connectivity index (χ0n) is 9.98. The van der Waals surface area contributed by atoms with Crippen molar-refractivity contribution in [3.05, 3.63) is 34.1 Å². The number of carboxylic acids is 1. The zero-order chi connectivity index (χ0) is 13.9. The summed E-state index contributed by atoms with van der Waals surface area (Å²) in [5, 5.41) is 8.99. The van der Waals surface area contributed by atoms with Gasteiger partial charge in [-0.15, -0.1) is 0 Å². The number of rotatable bonds is 4. The molecular weight excluding hydrogens is 305 g/mol. The van der Waals surface area contributed by atoms with Gasteiger partial charge in [-0.05, 0) is 40.5 Å². The zero-order valence-corrected chi connectivity index (χ0v) is 11.6. The summed E-state index contributed by atoms with van der Waals surface area (Å²) in [6.07, 6.45) is 0.302. The van der Waals surface area contributed by atoms with Crippen LogP contribution in [0.2, 0.25) is 0 Å². The molecule has 1 rings (SSSR count). The van der Waals surface area contributed by atoms with Gasteiger partial charge < -0.3 is 10.0 Å². The van der Waals surface area contributed by atoms with E-state index in [1.807, 2.05) is 0 Å². The van der Waals surface area contributed by atoms with Crippen LogP contribution in [0.1, 0.15) is 23.7 Å². The summed E-state index contributed by atoms with van der Waals surface area (Å²) in [5.41, 5.74) is 0.235. The summed E-state index contributed by atoms with van der Waals surface area (Å²) in [7, 11) is 1.42. The highest BCUT2D eigenvalue weighted by Crippen LogP contribution is 2.20. The number of aliphatic carboxylic acids is 1. The molecule has 4 nitrogen and oxygen atoms in total. The van der Waals surface area contributed by atoms with E-state index in [1.54, 1.807) is 6.92 Å². The number of likely N-dealkylation sites (N-methyl/N-ethyl adjacent to an activating group) is 1. The van der Waals surface area contributed by atoms with E-state index in [9.17, 15) is 14.0 Å². The number of carboxylic acid groups (broad SMARTS) is 1. The van der Waals surface area contributed by atoms with E-state index < -0.39 is 23.7 Å². The highest BCUT2D eigenvalue weighted by molar-refractivity contribution is 9.10.